The number of piperidine rings is 1. The van der Waals surface area contributed by atoms with E-state index in [1.807, 2.05) is 30.0 Å². The van der Waals surface area contributed by atoms with Crippen molar-refractivity contribution in [1.29, 1.82) is 0 Å². The summed E-state index contributed by atoms with van der Waals surface area (Å²) in [6.07, 6.45) is 1.10. The molecule has 110 valence electrons. The topological polar surface area (TPSA) is 32.3 Å². The molecule has 0 spiro atoms. The van der Waals surface area contributed by atoms with Crippen molar-refractivity contribution in [2.24, 2.45) is 11.8 Å². The predicted octanol–water partition coefficient (Wildman–Crippen LogP) is 2.75. The largest absolute Gasteiger partial charge is 0.338 e. The van der Waals surface area contributed by atoms with Crippen LogP contribution < -0.4 is 5.32 Å². The summed E-state index contributed by atoms with van der Waals surface area (Å²) in [5.41, 5.74) is 1.61. The number of rotatable bonds is 1. The minimum absolute atomic E-state index is 0. The van der Waals surface area contributed by atoms with E-state index in [1.54, 1.807) is 0 Å². The van der Waals surface area contributed by atoms with Gasteiger partial charge in [0.25, 0.3) is 5.91 Å². The van der Waals surface area contributed by atoms with Gasteiger partial charge >= 0.3 is 0 Å². The van der Waals surface area contributed by atoms with Crippen LogP contribution in [0.15, 0.2) is 18.2 Å². The van der Waals surface area contributed by atoms with Gasteiger partial charge in [0.05, 0.1) is 10.6 Å². The number of nitrogens with zero attached hydrogens (tertiary/aromatic N) is 1. The van der Waals surface area contributed by atoms with Gasteiger partial charge in [-0.05, 0) is 49.9 Å². The van der Waals surface area contributed by atoms with Crippen molar-refractivity contribution in [2.75, 3.05) is 26.2 Å². The van der Waals surface area contributed by atoms with Crippen LogP contribution in [0, 0.1) is 18.8 Å². The molecule has 1 aromatic carbocycles. The monoisotopic (exact) mass is 314 g/mol. The maximum atomic E-state index is 12.6. The molecule has 3 rings (SSSR count). The fraction of sp³-hybridized carbons (Fsp3) is 0.533. The van der Waals surface area contributed by atoms with E-state index in [9.17, 15) is 4.79 Å². The molecule has 2 unspecified atom stereocenters. The summed E-state index contributed by atoms with van der Waals surface area (Å²) in [6.45, 7) is 5.80. The number of fused-ring (bicyclic) bond motifs is 1. The second kappa shape index (κ2) is 6.33. The number of carbonyl (C=O) groups is 1. The molecule has 0 aliphatic carbocycles. The summed E-state index contributed by atoms with van der Waals surface area (Å²) in [5, 5.41) is 4.02. The molecule has 1 amide bonds. The lowest BCUT2D eigenvalue weighted by atomic mass is 9.88. The lowest BCUT2D eigenvalue weighted by molar-refractivity contribution is 0.0642. The summed E-state index contributed by atoms with van der Waals surface area (Å²) in [7, 11) is 0. The molecule has 2 heterocycles. The van der Waals surface area contributed by atoms with Gasteiger partial charge in [0.1, 0.15) is 0 Å². The first-order chi connectivity index (χ1) is 9.16. The molecule has 2 aliphatic rings. The number of likely N-dealkylation sites (tertiary alicyclic amines) is 1. The molecule has 2 atom stereocenters. The van der Waals surface area contributed by atoms with Crippen LogP contribution in [-0.2, 0) is 0 Å². The summed E-state index contributed by atoms with van der Waals surface area (Å²) in [5.74, 6) is 1.44. The molecule has 20 heavy (non-hydrogen) atoms. The zero-order valence-electron chi connectivity index (χ0n) is 11.6. The smallest absolute Gasteiger partial charge is 0.255 e. The number of halogens is 2. The Bertz CT molecular complexity index is 507. The molecule has 5 heteroatoms. The molecular formula is C15H20Cl2N2O. The standard InChI is InChI=1S/C15H19ClN2O.ClH/c1-10-3-2-4-13(14(10)16)15(19)18-6-5-11-7-17-8-12(11)9-18;/h2-4,11-12,17H,5-9H2,1H3;1H. The van der Waals surface area contributed by atoms with Crippen LogP contribution in [-0.4, -0.2) is 37.0 Å². The zero-order valence-corrected chi connectivity index (χ0v) is 13.1. The van der Waals surface area contributed by atoms with E-state index in [0.29, 0.717) is 16.5 Å². The maximum Gasteiger partial charge on any atom is 0.255 e. The third-order valence-electron chi connectivity index (χ3n) is 4.41. The average Bonchev–Trinajstić information content (AvgIpc) is 2.88. The Morgan fingerprint density at radius 1 is 1.35 bits per heavy atom. The first-order valence-corrected chi connectivity index (χ1v) is 7.29. The van der Waals surface area contributed by atoms with E-state index >= 15 is 0 Å². The van der Waals surface area contributed by atoms with E-state index in [2.05, 4.69) is 5.32 Å². The molecule has 0 bridgehead atoms. The van der Waals surface area contributed by atoms with Crippen LogP contribution in [0.1, 0.15) is 22.3 Å². The Balaban J connectivity index is 0.00000147. The fourth-order valence-corrected chi connectivity index (χ4v) is 3.41. The minimum atomic E-state index is 0. The van der Waals surface area contributed by atoms with Crippen molar-refractivity contribution in [3.05, 3.63) is 34.3 Å². The van der Waals surface area contributed by atoms with Gasteiger partial charge in [0.2, 0.25) is 0 Å². The average molecular weight is 315 g/mol. The van der Waals surface area contributed by atoms with Crippen LogP contribution in [0.2, 0.25) is 5.02 Å². The molecule has 1 N–H and O–H groups in total. The molecule has 0 saturated carbocycles. The SMILES string of the molecule is Cc1cccc(C(=O)N2CCC3CNCC3C2)c1Cl.Cl. The number of carbonyl (C=O) groups excluding carboxylic acids is 1. The van der Waals surface area contributed by atoms with Crippen molar-refractivity contribution in [1.82, 2.24) is 10.2 Å². The van der Waals surface area contributed by atoms with E-state index < -0.39 is 0 Å². The van der Waals surface area contributed by atoms with Gasteiger partial charge in [-0.3, -0.25) is 4.79 Å². The summed E-state index contributed by atoms with van der Waals surface area (Å²) < 4.78 is 0. The normalized spacial score (nSPS) is 25.0. The summed E-state index contributed by atoms with van der Waals surface area (Å²) in [6, 6.07) is 5.67. The Morgan fingerprint density at radius 2 is 2.10 bits per heavy atom. The van der Waals surface area contributed by atoms with Crippen LogP contribution in [0.3, 0.4) is 0 Å². The van der Waals surface area contributed by atoms with E-state index in [1.165, 1.54) is 0 Å². The van der Waals surface area contributed by atoms with Crippen molar-refractivity contribution in [3.8, 4) is 0 Å². The molecule has 0 radical (unpaired) electrons. The lowest BCUT2D eigenvalue weighted by Crippen LogP contribution is -2.43. The Labute approximate surface area is 131 Å². The third kappa shape index (κ3) is 2.80. The highest BCUT2D eigenvalue weighted by atomic mass is 35.5. The van der Waals surface area contributed by atoms with E-state index in [4.69, 9.17) is 11.6 Å². The van der Waals surface area contributed by atoms with Crippen LogP contribution >= 0.6 is 24.0 Å². The Morgan fingerprint density at radius 3 is 2.90 bits per heavy atom. The summed E-state index contributed by atoms with van der Waals surface area (Å²) in [4.78, 5) is 14.5. The number of nitrogens with one attached hydrogen (secondary N) is 1. The molecule has 2 fully saturated rings. The zero-order chi connectivity index (χ0) is 13.4. The van der Waals surface area contributed by atoms with Gasteiger partial charge in [0.15, 0.2) is 0 Å². The highest BCUT2D eigenvalue weighted by Crippen LogP contribution is 2.29. The Hall–Kier alpha value is -0.770. The summed E-state index contributed by atoms with van der Waals surface area (Å²) >= 11 is 6.26. The van der Waals surface area contributed by atoms with Crippen LogP contribution in [0.25, 0.3) is 0 Å². The second-order valence-corrected chi connectivity index (χ2v) is 6.03. The van der Waals surface area contributed by atoms with Crippen molar-refractivity contribution < 1.29 is 4.79 Å². The first-order valence-electron chi connectivity index (χ1n) is 6.92. The van der Waals surface area contributed by atoms with Gasteiger partial charge in [-0.15, -0.1) is 12.4 Å². The molecule has 3 nitrogen and oxygen atoms in total. The van der Waals surface area contributed by atoms with Crippen molar-refractivity contribution >= 4 is 29.9 Å². The first kappa shape index (κ1) is 15.6. The van der Waals surface area contributed by atoms with Crippen LogP contribution in [0.5, 0.6) is 0 Å². The highest BCUT2D eigenvalue weighted by molar-refractivity contribution is 6.34. The Kier molecular flexibility index (Phi) is 4.95. The lowest BCUT2D eigenvalue weighted by Gasteiger charge is -2.34. The fourth-order valence-electron chi connectivity index (χ4n) is 3.20. The number of amides is 1. The number of hydrogen-bond acceptors (Lipinski definition) is 2. The van der Waals surface area contributed by atoms with Gasteiger partial charge in [-0.25, -0.2) is 0 Å². The van der Waals surface area contributed by atoms with Gasteiger partial charge < -0.3 is 10.2 Å². The van der Waals surface area contributed by atoms with E-state index in [0.717, 1.165) is 44.1 Å². The maximum absolute atomic E-state index is 12.6. The van der Waals surface area contributed by atoms with E-state index in [-0.39, 0.29) is 18.3 Å². The van der Waals surface area contributed by atoms with Gasteiger partial charge in [-0.2, -0.15) is 0 Å². The minimum Gasteiger partial charge on any atom is -0.338 e. The molecule has 2 saturated heterocycles. The molecular weight excluding hydrogens is 295 g/mol. The molecule has 1 aromatic rings. The predicted molar refractivity (Wildman–Crippen MR) is 83.8 cm³/mol. The number of aryl methyl sites for hydroxylation is 1. The number of hydrogen-bond donors (Lipinski definition) is 1. The highest BCUT2D eigenvalue weighted by Gasteiger charge is 2.35. The van der Waals surface area contributed by atoms with Crippen molar-refractivity contribution in [2.45, 2.75) is 13.3 Å². The number of benzene rings is 1. The van der Waals surface area contributed by atoms with Crippen molar-refractivity contribution in [3.63, 3.8) is 0 Å². The van der Waals surface area contributed by atoms with Gasteiger partial charge in [-0.1, -0.05) is 23.7 Å². The van der Waals surface area contributed by atoms with Gasteiger partial charge in [0, 0.05) is 13.1 Å². The molecule has 2 aliphatic heterocycles. The second-order valence-electron chi connectivity index (χ2n) is 5.65. The third-order valence-corrected chi connectivity index (χ3v) is 4.92. The van der Waals surface area contributed by atoms with Crippen LogP contribution in [0.4, 0.5) is 0 Å². The molecule has 0 aromatic heterocycles. The quantitative estimate of drug-likeness (QED) is 0.864.